The van der Waals surface area contributed by atoms with E-state index in [1.807, 2.05) is 4.90 Å². The average Bonchev–Trinajstić information content (AvgIpc) is 3.65. The van der Waals surface area contributed by atoms with Crippen LogP contribution in [0, 0.1) is 11.6 Å². The number of amides is 1. The number of alkyl halides is 1. The monoisotopic (exact) mass is 647 g/mol. The minimum absolute atomic E-state index is 0.0734. The Balaban J connectivity index is 1.23. The molecule has 2 aromatic carbocycles. The van der Waals surface area contributed by atoms with Crippen molar-refractivity contribution in [1.29, 1.82) is 0 Å². The number of halogens is 4. The summed E-state index contributed by atoms with van der Waals surface area (Å²) in [7, 11) is 0. The number of pyridine rings is 2. The van der Waals surface area contributed by atoms with Crippen molar-refractivity contribution in [3.63, 3.8) is 0 Å². The van der Waals surface area contributed by atoms with Crippen LogP contribution < -0.4 is 9.64 Å². The smallest absolute Gasteiger partial charge is 0.282 e. The van der Waals surface area contributed by atoms with E-state index in [1.165, 1.54) is 30.3 Å². The van der Waals surface area contributed by atoms with Crippen LogP contribution in [0.3, 0.4) is 0 Å². The van der Waals surface area contributed by atoms with E-state index >= 15 is 8.78 Å². The Hall–Kier alpha value is -4.45. The highest BCUT2D eigenvalue weighted by Gasteiger charge is 2.49. The Kier molecular flexibility index (Phi) is 7.05. The first-order valence-corrected chi connectivity index (χ1v) is 16.0. The third-order valence-electron chi connectivity index (χ3n) is 10.4. The standard InChI is InChI=1S/C35H33F4N5O3/c1-19(36)34(46)44-22-6-7-23(44)17-42(16-22)29-13-30(47-18-35-8-3-9-43(35)15-21(37)14-35)40-33-25(29)12-28(39)32(41-33)26-11-24(45)10-20-4-2-5-27(38)31(20)26/h2,4-5,10-13,21-23,45H,1,3,6-9,14-18H2/t21-,22?,23?,35+/m1/s1. The number of carbonyl (C=O) groups excluding carboxylic acids is 1. The molecule has 1 amide bonds. The fourth-order valence-electron chi connectivity index (χ4n) is 8.39. The number of carbonyl (C=O) groups is 1. The molecular formula is C35H33F4N5O3. The minimum Gasteiger partial charge on any atom is -0.508 e. The molecule has 4 saturated heterocycles. The molecule has 47 heavy (non-hydrogen) atoms. The number of ether oxygens (including phenoxy) is 1. The van der Waals surface area contributed by atoms with E-state index in [2.05, 4.69) is 21.4 Å². The summed E-state index contributed by atoms with van der Waals surface area (Å²) in [5.74, 6) is -3.01. The van der Waals surface area contributed by atoms with Gasteiger partial charge >= 0.3 is 0 Å². The predicted octanol–water partition coefficient (Wildman–Crippen LogP) is 6.05. The molecule has 8 nitrogen and oxygen atoms in total. The van der Waals surface area contributed by atoms with E-state index in [1.54, 1.807) is 17.0 Å². The molecule has 12 heteroatoms. The Bertz CT molecular complexity index is 1940. The molecule has 6 heterocycles. The summed E-state index contributed by atoms with van der Waals surface area (Å²) in [4.78, 5) is 27.6. The highest BCUT2D eigenvalue weighted by molar-refractivity contribution is 6.00. The quantitative estimate of drug-likeness (QED) is 0.202. The van der Waals surface area contributed by atoms with Crippen molar-refractivity contribution in [2.75, 3.05) is 37.7 Å². The van der Waals surface area contributed by atoms with Crippen LogP contribution in [-0.4, -0.2) is 87.4 Å². The summed E-state index contributed by atoms with van der Waals surface area (Å²) in [6.07, 6.45) is 2.55. The molecule has 2 unspecified atom stereocenters. The van der Waals surface area contributed by atoms with Crippen molar-refractivity contribution in [1.82, 2.24) is 19.8 Å². The summed E-state index contributed by atoms with van der Waals surface area (Å²) in [5.41, 5.74) is 0.167. The number of aromatic hydroxyl groups is 1. The van der Waals surface area contributed by atoms with Crippen molar-refractivity contribution >= 4 is 33.4 Å². The molecule has 4 fully saturated rings. The molecule has 0 aliphatic carbocycles. The molecule has 0 radical (unpaired) electrons. The van der Waals surface area contributed by atoms with E-state index in [0.717, 1.165) is 19.4 Å². The molecule has 2 aromatic heterocycles. The number of hydrogen-bond donors (Lipinski definition) is 1. The molecule has 4 atom stereocenters. The maximum absolute atomic E-state index is 16.1. The van der Waals surface area contributed by atoms with Gasteiger partial charge in [-0.05, 0) is 61.9 Å². The van der Waals surface area contributed by atoms with Crippen LogP contribution in [0.2, 0.25) is 0 Å². The van der Waals surface area contributed by atoms with E-state index in [0.29, 0.717) is 55.4 Å². The molecule has 0 saturated carbocycles. The van der Waals surface area contributed by atoms with E-state index in [-0.39, 0.29) is 52.6 Å². The van der Waals surface area contributed by atoms with Gasteiger partial charge in [-0.25, -0.2) is 22.5 Å². The maximum atomic E-state index is 16.1. The number of fused-ring (bicyclic) bond motifs is 5. The summed E-state index contributed by atoms with van der Waals surface area (Å²) in [5, 5.41) is 11.3. The first kappa shape index (κ1) is 29.9. The fourth-order valence-corrected chi connectivity index (χ4v) is 8.39. The van der Waals surface area contributed by atoms with Gasteiger partial charge in [0.25, 0.3) is 5.91 Å². The highest BCUT2D eigenvalue weighted by Crippen LogP contribution is 2.43. The first-order chi connectivity index (χ1) is 22.6. The summed E-state index contributed by atoms with van der Waals surface area (Å²) < 4.78 is 65.9. The van der Waals surface area contributed by atoms with Gasteiger partial charge in [-0.15, -0.1) is 0 Å². The van der Waals surface area contributed by atoms with Gasteiger partial charge in [-0.1, -0.05) is 18.7 Å². The maximum Gasteiger partial charge on any atom is 0.282 e. The lowest BCUT2D eigenvalue weighted by Crippen LogP contribution is -2.56. The van der Waals surface area contributed by atoms with Crippen molar-refractivity contribution in [2.24, 2.45) is 0 Å². The van der Waals surface area contributed by atoms with Crippen molar-refractivity contribution in [3.8, 4) is 22.9 Å². The van der Waals surface area contributed by atoms with Gasteiger partial charge in [0.1, 0.15) is 35.9 Å². The van der Waals surface area contributed by atoms with Crippen molar-refractivity contribution in [2.45, 2.75) is 55.9 Å². The van der Waals surface area contributed by atoms with Crippen LogP contribution in [-0.2, 0) is 4.79 Å². The number of phenolic OH excluding ortho intramolecular Hbond substituents is 1. The molecule has 4 aliphatic heterocycles. The second kappa shape index (κ2) is 11.1. The number of nitrogens with zero attached hydrogens (tertiary/aromatic N) is 5. The summed E-state index contributed by atoms with van der Waals surface area (Å²) in [6, 6.07) is 9.54. The second-order valence-corrected chi connectivity index (χ2v) is 13.3. The topological polar surface area (TPSA) is 82.0 Å². The van der Waals surface area contributed by atoms with Crippen LogP contribution in [0.25, 0.3) is 33.1 Å². The van der Waals surface area contributed by atoms with E-state index < -0.39 is 35.1 Å². The Morgan fingerprint density at radius 2 is 1.85 bits per heavy atom. The zero-order valence-electron chi connectivity index (χ0n) is 25.6. The SMILES string of the molecule is C=C(F)C(=O)N1C2CCC1CN(c1cc(OC[C@@]34CCCN3C[C@H](F)C4)nc3nc(-c4cc(O)cc5cccc(F)c45)c(F)cc13)C2. The zero-order chi connectivity index (χ0) is 32.6. The normalized spacial score (nSPS) is 25.6. The fraction of sp³-hybridized carbons (Fsp3) is 0.400. The van der Waals surface area contributed by atoms with Crippen molar-refractivity contribution in [3.05, 3.63) is 66.5 Å². The van der Waals surface area contributed by atoms with E-state index in [4.69, 9.17) is 4.74 Å². The van der Waals surface area contributed by atoms with Crippen LogP contribution in [0.1, 0.15) is 32.1 Å². The van der Waals surface area contributed by atoms with E-state index in [9.17, 15) is 18.7 Å². The second-order valence-electron chi connectivity index (χ2n) is 13.3. The summed E-state index contributed by atoms with van der Waals surface area (Å²) in [6.45, 7) is 5.31. The third kappa shape index (κ3) is 4.95. The van der Waals surface area contributed by atoms with Gasteiger partial charge in [-0.3, -0.25) is 9.69 Å². The molecule has 1 N–H and O–H groups in total. The minimum atomic E-state index is -1.00. The molecule has 2 bridgehead atoms. The number of rotatable bonds is 6. The van der Waals surface area contributed by atoms with Crippen LogP contribution >= 0.6 is 0 Å². The lowest BCUT2D eigenvalue weighted by atomic mass is 9.95. The largest absolute Gasteiger partial charge is 0.508 e. The number of phenols is 1. The van der Waals surface area contributed by atoms with Gasteiger partial charge in [0, 0.05) is 48.5 Å². The Morgan fingerprint density at radius 1 is 1.06 bits per heavy atom. The first-order valence-electron chi connectivity index (χ1n) is 16.0. The van der Waals surface area contributed by atoms with Gasteiger partial charge in [0.15, 0.2) is 11.5 Å². The Labute approximate surface area is 268 Å². The average molecular weight is 648 g/mol. The van der Waals surface area contributed by atoms with Gasteiger partial charge in [0.2, 0.25) is 5.88 Å². The van der Waals surface area contributed by atoms with Crippen LogP contribution in [0.5, 0.6) is 11.6 Å². The number of anilines is 1. The lowest BCUT2D eigenvalue weighted by molar-refractivity contribution is -0.131. The predicted molar refractivity (Wildman–Crippen MR) is 169 cm³/mol. The van der Waals surface area contributed by atoms with Gasteiger partial charge < -0.3 is 19.6 Å². The van der Waals surface area contributed by atoms with Crippen LogP contribution in [0.4, 0.5) is 23.2 Å². The lowest BCUT2D eigenvalue weighted by Gasteiger charge is -2.42. The highest BCUT2D eigenvalue weighted by atomic mass is 19.1. The molecule has 4 aliphatic rings. The molecule has 4 aromatic rings. The van der Waals surface area contributed by atoms with Gasteiger partial charge in [0.05, 0.1) is 23.3 Å². The molecule has 0 spiro atoms. The zero-order valence-corrected chi connectivity index (χ0v) is 25.6. The van der Waals surface area contributed by atoms with Gasteiger partial charge in [-0.2, -0.15) is 4.98 Å². The number of aromatic nitrogens is 2. The molecule has 244 valence electrons. The van der Waals surface area contributed by atoms with Crippen LogP contribution in [0.15, 0.2) is 54.9 Å². The Morgan fingerprint density at radius 3 is 2.62 bits per heavy atom. The molecule has 8 rings (SSSR count). The summed E-state index contributed by atoms with van der Waals surface area (Å²) >= 11 is 0. The number of hydrogen-bond acceptors (Lipinski definition) is 7. The third-order valence-corrected chi connectivity index (χ3v) is 10.4. The molecular weight excluding hydrogens is 614 g/mol. The van der Waals surface area contributed by atoms with Crippen molar-refractivity contribution < 1.29 is 32.2 Å². The number of benzene rings is 2. The number of piperazine rings is 1.